The average molecular weight is 471 g/mol. The maximum atomic E-state index is 13.6. The number of aliphatic hydroxyl groups excluding tert-OH is 1. The van der Waals surface area contributed by atoms with Gasteiger partial charge in [0.15, 0.2) is 5.78 Å². The van der Waals surface area contributed by atoms with Crippen LogP contribution in [0.2, 0.25) is 0 Å². The van der Waals surface area contributed by atoms with Gasteiger partial charge in [-0.25, -0.2) is 0 Å². The molecule has 2 aromatic carbocycles. The Labute approximate surface area is 202 Å². The van der Waals surface area contributed by atoms with E-state index in [1.165, 1.54) is 17.7 Å². The Kier molecular flexibility index (Phi) is 8.22. The topological polar surface area (TPSA) is 68.1 Å². The molecule has 0 bridgehead atoms. The Morgan fingerprint density at radius 1 is 1.12 bits per heavy atom. The highest BCUT2D eigenvalue weighted by Crippen LogP contribution is 2.38. The highest BCUT2D eigenvalue weighted by Gasteiger charge is 2.28. The van der Waals surface area contributed by atoms with Gasteiger partial charge in [0.05, 0.1) is 25.1 Å². The van der Waals surface area contributed by atoms with Gasteiger partial charge in [0, 0.05) is 23.7 Å². The summed E-state index contributed by atoms with van der Waals surface area (Å²) in [6.45, 7) is 4.63. The number of aromatic nitrogens is 1. The van der Waals surface area contributed by atoms with Crippen LogP contribution >= 0.6 is 0 Å². The summed E-state index contributed by atoms with van der Waals surface area (Å²) in [6, 6.07) is 13.5. The van der Waals surface area contributed by atoms with Gasteiger partial charge in [-0.2, -0.15) is 0 Å². The lowest BCUT2D eigenvalue weighted by Crippen LogP contribution is -3.00. The van der Waals surface area contributed by atoms with E-state index in [1.807, 2.05) is 56.3 Å². The number of aryl methyl sites for hydroxylation is 2. The number of ether oxygens (including phenoxy) is 1. The van der Waals surface area contributed by atoms with Gasteiger partial charge in [-0.1, -0.05) is 30.3 Å². The summed E-state index contributed by atoms with van der Waals surface area (Å²) >= 11 is 0. The number of ketones is 1. The number of benzene rings is 2. The van der Waals surface area contributed by atoms with E-state index < -0.39 is 6.10 Å². The number of methoxy groups -OCH3 is 1. The second-order valence-electron chi connectivity index (χ2n) is 9.18. The minimum absolute atomic E-state index is 0. The molecule has 1 aliphatic rings. The predicted octanol–water partition coefficient (Wildman–Crippen LogP) is 0.574. The third-order valence-electron chi connectivity index (χ3n) is 7.06. The van der Waals surface area contributed by atoms with Crippen LogP contribution in [0, 0.1) is 5.92 Å². The van der Waals surface area contributed by atoms with Crippen molar-refractivity contribution in [2.24, 2.45) is 13.0 Å². The van der Waals surface area contributed by atoms with Crippen LogP contribution in [0.1, 0.15) is 60.0 Å². The largest absolute Gasteiger partial charge is 1.00 e. The lowest BCUT2D eigenvalue weighted by molar-refractivity contribution is -0.697. The molecule has 1 aromatic heterocycles. The molecule has 0 aliphatic heterocycles. The van der Waals surface area contributed by atoms with Crippen LogP contribution < -0.4 is 22.5 Å². The van der Waals surface area contributed by atoms with Crippen LogP contribution in [-0.4, -0.2) is 35.2 Å². The van der Waals surface area contributed by atoms with Gasteiger partial charge in [-0.3, -0.25) is 4.79 Å². The molecular formula is C27H35ClN2O3. The summed E-state index contributed by atoms with van der Waals surface area (Å²) in [5.74, 6) is 0.831. The zero-order chi connectivity index (χ0) is 22.8. The first-order chi connectivity index (χ1) is 15.4. The van der Waals surface area contributed by atoms with E-state index in [0.29, 0.717) is 6.54 Å². The molecule has 0 saturated heterocycles. The predicted molar refractivity (Wildman–Crippen MR) is 127 cm³/mol. The van der Waals surface area contributed by atoms with Gasteiger partial charge in [-0.05, 0) is 62.8 Å². The number of aliphatic hydroxyl groups is 1. The molecule has 3 N–H and O–H groups in total. The van der Waals surface area contributed by atoms with Crippen molar-refractivity contribution in [2.45, 2.75) is 51.7 Å². The third-order valence-corrected chi connectivity index (χ3v) is 7.06. The molecule has 0 amide bonds. The molecule has 0 fully saturated rings. The number of hydrogen-bond donors (Lipinski definition) is 2. The van der Waals surface area contributed by atoms with Crippen molar-refractivity contribution >= 4 is 16.7 Å². The van der Waals surface area contributed by atoms with Crippen molar-refractivity contribution in [3.8, 4) is 5.75 Å². The van der Waals surface area contributed by atoms with Gasteiger partial charge in [-0.15, -0.1) is 0 Å². The number of carbonyl (C=O) groups is 1. The maximum absolute atomic E-state index is 13.6. The number of rotatable bonds is 8. The first kappa shape index (κ1) is 25.3. The molecule has 0 spiro atoms. The highest BCUT2D eigenvalue weighted by molar-refractivity contribution is 6.11. The van der Waals surface area contributed by atoms with E-state index >= 15 is 0 Å². The molecular weight excluding hydrogens is 436 g/mol. The van der Waals surface area contributed by atoms with Crippen LogP contribution in [-0.2, 0) is 19.9 Å². The van der Waals surface area contributed by atoms with Crippen LogP contribution in [0.15, 0.2) is 42.5 Å². The Morgan fingerprint density at radius 2 is 1.82 bits per heavy atom. The van der Waals surface area contributed by atoms with Gasteiger partial charge < -0.3 is 32.1 Å². The quantitative estimate of drug-likeness (QED) is 0.473. The number of nitrogens with zero attached hydrogens (tertiary/aromatic N) is 1. The fraction of sp³-hybridized carbons (Fsp3) is 0.444. The molecule has 0 saturated carbocycles. The standard InChI is InChI=1S/C27H34N2O3.ClH/c1-17(16-28-18(2)27(31)19-10-6-5-7-11-19)26(30)21-14-15-23(32-4)25-24(21)20-12-8-9-13-22(20)29(25)3;/h5-7,10-11,14-15,17-18,27-28,31H,8-9,12-13,16H2,1-4H3;1H. The van der Waals surface area contributed by atoms with Crippen molar-refractivity contribution in [3.05, 3.63) is 64.8 Å². The number of quaternary nitrogens is 1. The van der Waals surface area contributed by atoms with Crippen molar-refractivity contribution in [3.63, 3.8) is 0 Å². The minimum atomic E-state index is -0.563. The zero-order valence-corrected chi connectivity index (χ0v) is 20.7. The average Bonchev–Trinajstić information content (AvgIpc) is 3.14. The summed E-state index contributed by atoms with van der Waals surface area (Å²) in [6.07, 6.45) is 3.86. The molecule has 1 aliphatic carbocycles. The lowest BCUT2D eigenvalue weighted by atomic mass is 9.90. The Morgan fingerprint density at radius 3 is 2.52 bits per heavy atom. The molecule has 6 heteroatoms. The van der Waals surface area contributed by atoms with E-state index in [2.05, 4.69) is 16.9 Å². The zero-order valence-electron chi connectivity index (χ0n) is 20.0. The molecule has 178 valence electrons. The monoisotopic (exact) mass is 470 g/mol. The SMILES string of the molecule is COc1ccc(C(=O)C(C)C[NH2+]C(C)C(O)c2ccccc2)c2c3c(n(C)c12)CCCC3.[Cl-]. The Bertz CT molecular complexity index is 1110. The molecule has 3 atom stereocenters. The Balaban J connectivity index is 0.00000306. The maximum Gasteiger partial charge on any atom is 0.171 e. The first-order valence-electron chi connectivity index (χ1n) is 11.7. The molecule has 1 heterocycles. The fourth-order valence-electron chi connectivity index (χ4n) is 5.12. The number of nitrogens with two attached hydrogens (primary N) is 1. The van der Waals surface area contributed by atoms with Crippen molar-refractivity contribution in [2.75, 3.05) is 13.7 Å². The first-order valence-corrected chi connectivity index (χ1v) is 11.7. The number of fused-ring (bicyclic) bond motifs is 3. The summed E-state index contributed by atoms with van der Waals surface area (Å²) in [5, 5.41) is 13.8. The molecule has 0 radical (unpaired) electrons. The lowest BCUT2D eigenvalue weighted by Gasteiger charge is -2.20. The van der Waals surface area contributed by atoms with Gasteiger partial charge in [0.1, 0.15) is 17.9 Å². The van der Waals surface area contributed by atoms with Crippen LogP contribution in [0.5, 0.6) is 5.75 Å². The smallest absolute Gasteiger partial charge is 0.171 e. The molecule has 3 unspecified atom stereocenters. The van der Waals surface area contributed by atoms with Crippen LogP contribution in [0.3, 0.4) is 0 Å². The van der Waals surface area contributed by atoms with Crippen molar-refractivity contribution < 1.29 is 32.4 Å². The normalized spacial score (nSPS) is 15.9. The second-order valence-corrected chi connectivity index (χ2v) is 9.18. The molecule has 5 nitrogen and oxygen atoms in total. The second kappa shape index (κ2) is 10.7. The van der Waals surface area contributed by atoms with Crippen LogP contribution in [0.4, 0.5) is 0 Å². The van der Waals surface area contributed by atoms with E-state index in [-0.39, 0.29) is 30.2 Å². The van der Waals surface area contributed by atoms with Gasteiger partial charge in [0.2, 0.25) is 0 Å². The summed E-state index contributed by atoms with van der Waals surface area (Å²) in [5.41, 5.74) is 5.40. The van der Waals surface area contributed by atoms with E-state index in [1.54, 1.807) is 7.11 Å². The van der Waals surface area contributed by atoms with Gasteiger partial charge in [0.25, 0.3) is 0 Å². The number of carbonyl (C=O) groups excluding carboxylic acids is 1. The molecule has 33 heavy (non-hydrogen) atoms. The number of halogens is 1. The summed E-state index contributed by atoms with van der Waals surface area (Å²) in [7, 11) is 3.78. The molecule has 3 aromatic rings. The van der Waals surface area contributed by atoms with Crippen molar-refractivity contribution in [1.82, 2.24) is 4.57 Å². The van der Waals surface area contributed by atoms with E-state index in [0.717, 1.165) is 47.0 Å². The summed E-state index contributed by atoms with van der Waals surface area (Å²) in [4.78, 5) is 13.6. The van der Waals surface area contributed by atoms with Crippen molar-refractivity contribution in [1.29, 1.82) is 0 Å². The minimum Gasteiger partial charge on any atom is -1.00 e. The molecule has 4 rings (SSSR count). The summed E-state index contributed by atoms with van der Waals surface area (Å²) < 4.78 is 7.89. The van der Waals surface area contributed by atoms with Gasteiger partial charge >= 0.3 is 0 Å². The van der Waals surface area contributed by atoms with E-state index in [4.69, 9.17) is 4.74 Å². The highest BCUT2D eigenvalue weighted by atomic mass is 35.5. The third kappa shape index (κ3) is 4.81. The van der Waals surface area contributed by atoms with Crippen LogP contribution in [0.25, 0.3) is 10.9 Å². The fourth-order valence-corrected chi connectivity index (χ4v) is 5.12. The van der Waals surface area contributed by atoms with E-state index in [9.17, 15) is 9.90 Å². The Hall–Kier alpha value is -2.34. The number of Topliss-reactive ketones (excluding diaryl/α,β-unsaturated/α-hetero) is 1. The number of hydrogen-bond acceptors (Lipinski definition) is 3.